The summed E-state index contributed by atoms with van der Waals surface area (Å²) in [5.74, 6) is 0.685. The molecule has 5 aromatic carbocycles. The number of benzene rings is 5. The fraction of sp³-hybridized carbons (Fsp3) is 0. The van der Waals surface area contributed by atoms with E-state index < -0.39 is 0 Å². The lowest BCUT2D eigenvalue weighted by Crippen LogP contribution is -1.98. The number of rotatable bonds is 5. The second-order valence-corrected chi connectivity index (χ2v) is 10.7. The van der Waals surface area contributed by atoms with Gasteiger partial charge in [-0.05, 0) is 70.1 Å². The fourth-order valence-corrected chi connectivity index (χ4v) is 5.86. The number of aromatic nitrogens is 4. The van der Waals surface area contributed by atoms with Crippen molar-refractivity contribution in [3.05, 3.63) is 158 Å². The quantitative estimate of drug-likeness (QED) is 0.209. The van der Waals surface area contributed by atoms with Gasteiger partial charge in [0.25, 0.3) is 0 Å². The standard InChI is InChI=1S/C40H26N4/c1-3-15-32-27(11-1)13-9-17-34(32)39-26-38(43-40(44-39)35-18-10-14-28-12-2-4-16-33(28)35)31-24-29(36-19-5-7-21-41-36)23-30(25-31)37-20-6-8-22-42-37/h1-26H. The van der Waals surface area contributed by atoms with Gasteiger partial charge in [0.2, 0.25) is 0 Å². The highest BCUT2D eigenvalue weighted by Crippen LogP contribution is 2.36. The number of fused-ring (bicyclic) bond motifs is 2. The molecule has 3 heterocycles. The topological polar surface area (TPSA) is 51.6 Å². The lowest BCUT2D eigenvalue weighted by Gasteiger charge is -2.14. The predicted octanol–water partition coefficient (Wildman–Crippen LogP) is 9.91. The third-order valence-corrected chi connectivity index (χ3v) is 7.97. The minimum absolute atomic E-state index is 0.685. The number of pyridine rings is 2. The van der Waals surface area contributed by atoms with Gasteiger partial charge in [0.05, 0.1) is 22.8 Å². The summed E-state index contributed by atoms with van der Waals surface area (Å²) in [4.78, 5) is 19.8. The second kappa shape index (κ2) is 11.0. The molecule has 0 saturated carbocycles. The smallest absolute Gasteiger partial charge is 0.161 e. The molecule has 4 heteroatoms. The van der Waals surface area contributed by atoms with E-state index in [9.17, 15) is 0 Å². The lowest BCUT2D eigenvalue weighted by molar-refractivity contribution is 1.19. The van der Waals surface area contributed by atoms with E-state index in [1.165, 1.54) is 5.39 Å². The molecule has 0 unspecified atom stereocenters. The number of hydrogen-bond acceptors (Lipinski definition) is 4. The van der Waals surface area contributed by atoms with Crippen molar-refractivity contribution in [2.75, 3.05) is 0 Å². The first-order chi connectivity index (χ1) is 21.8. The van der Waals surface area contributed by atoms with E-state index in [-0.39, 0.29) is 0 Å². The Balaban J connectivity index is 1.41. The average molecular weight is 563 g/mol. The summed E-state index contributed by atoms with van der Waals surface area (Å²) in [6.07, 6.45) is 3.65. The molecule has 0 atom stereocenters. The molecule has 0 spiro atoms. The Bertz CT molecular complexity index is 2110. The molecule has 44 heavy (non-hydrogen) atoms. The first-order valence-electron chi connectivity index (χ1n) is 14.6. The second-order valence-electron chi connectivity index (χ2n) is 10.7. The molecule has 4 nitrogen and oxygen atoms in total. The Morgan fingerprint density at radius 2 is 0.818 bits per heavy atom. The van der Waals surface area contributed by atoms with Gasteiger partial charge in [0.15, 0.2) is 5.82 Å². The minimum Gasteiger partial charge on any atom is -0.256 e. The maximum atomic E-state index is 5.25. The highest BCUT2D eigenvalue weighted by atomic mass is 14.9. The normalized spacial score (nSPS) is 11.2. The maximum Gasteiger partial charge on any atom is 0.161 e. The average Bonchev–Trinajstić information content (AvgIpc) is 3.11. The summed E-state index contributed by atoms with van der Waals surface area (Å²) in [5, 5.41) is 4.60. The molecule has 0 fully saturated rings. The van der Waals surface area contributed by atoms with Crippen molar-refractivity contribution in [1.29, 1.82) is 0 Å². The Hall–Kier alpha value is -6.00. The van der Waals surface area contributed by atoms with E-state index in [2.05, 4.69) is 119 Å². The summed E-state index contributed by atoms with van der Waals surface area (Å²) in [6.45, 7) is 0. The SMILES string of the molecule is c1ccc(-c2cc(-c3ccccn3)cc(-c3cc(-c4cccc5ccccc45)nc(-c4cccc5ccccc45)n3)c2)nc1. The summed E-state index contributed by atoms with van der Waals surface area (Å²) < 4.78 is 0. The van der Waals surface area contributed by atoms with Gasteiger partial charge in [-0.1, -0.05) is 97.1 Å². The molecule has 0 bridgehead atoms. The molecule has 0 radical (unpaired) electrons. The molecular formula is C40H26N4. The molecule has 0 amide bonds. The van der Waals surface area contributed by atoms with Gasteiger partial charge >= 0.3 is 0 Å². The lowest BCUT2D eigenvalue weighted by atomic mass is 9.97. The van der Waals surface area contributed by atoms with E-state index in [0.29, 0.717) is 5.82 Å². The molecule has 0 aliphatic rings. The van der Waals surface area contributed by atoms with E-state index in [1.807, 2.05) is 48.8 Å². The third-order valence-electron chi connectivity index (χ3n) is 7.97. The van der Waals surface area contributed by atoms with E-state index >= 15 is 0 Å². The molecule has 8 aromatic rings. The van der Waals surface area contributed by atoms with Gasteiger partial charge in [0.1, 0.15) is 0 Å². The molecule has 0 aliphatic heterocycles. The van der Waals surface area contributed by atoms with Crippen LogP contribution in [0.25, 0.3) is 78.0 Å². The van der Waals surface area contributed by atoms with Crippen LogP contribution in [0.15, 0.2) is 158 Å². The molecular weight excluding hydrogens is 536 g/mol. The summed E-state index contributed by atoms with van der Waals surface area (Å²) in [5.41, 5.74) is 8.53. The Morgan fingerprint density at radius 1 is 0.341 bits per heavy atom. The van der Waals surface area contributed by atoms with Gasteiger partial charge in [-0.25, -0.2) is 9.97 Å². The van der Waals surface area contributed by atoms with Gasteiger partial charge in [-0.15, -0.1) is 0 Å². The van der Waals surface area contributed by atoms with E-state index in [1.54, 1.807) is 0 Å². The third kappa shape index (κ3) is 4.79. The van der Waals surface area contributed by atoms with Crippen molar-refractivity contribution in [3.8, 4) is 56.4 Å². The first-order valence-corrected chi connectivity index (χ1v) is 14.6. The zero-order valence-corrected chi connectivity index (χ0v) is 23.8. The highest BCUT2D eigenvalue weighted by molar-refractivity contribution is 5.98. The van der Waals surface area contributed by atoms with Crippen LogP contribution in [0.1, 0.15) is 0 Å². The van der Waals surface area contributed by atoms with Crippen LogP contribution < -0.4 is 0 Å². The van der Waals surface area contributed by atoms with Crippen LogP contribution in [0.4, 0.5) is 0 Å². The molecule has 206 valence electrons. The monoisotopic (exact) mass is 562 g/mol. The van der Waals surface area contributed by atoms with Crippen LogP contribution in [-0.2, 0) is 0 Å². The largest absolute Gasteiger partial charge is 0.256 e. The van der Waals surface area contributed by atoms with Crippen molar-refractivity contribution in [2.24, 2.45) is 0 Å². The van der Waals surface area contributed by atoms with Crippen molar-refractivity contribution < 1.29 is 0 Å². The van der Waals surface area contributed by atoms with Gasteiger partial charge in [-0.2, -0.15) is 0 Å². The Labute approximate surface area is 255 Å². The van der Waals surface area contributed by atoms with Gasteiger partial charge in [-0.3, -0.25) is 9.97 Å². The van der Waals surface area contributed by atoms with Crippen molar-refractivity contribution in [2.45, 2.75) is 0 Å². The van der Waals surface area contributed by atoms with Gasteiger partial charge in [0, 0.05) is 40.2 Å². The van der Waals surface area contributed by atoms with Crippen LogP contribution in [0.3, 0.4) is 0 Å². The molecule has 0 aliphatic carbocycles. The summed E-state index contributed by atoms with van der Waals surface area (Å²) in [6, 6.07) is 50.1. The minimum atomic E-state index is 0.685. The van der Waals surface area contributed by atoms with Crippen LogP contribution in [-0.4, -0.2) is 19.9 Å². The molecule has 3 aromatic heterocycles. The molecule has 0 N–H and O–H groups in total. The molecule has 0 saturated heterocycles. The summed E-state index contributed by atoms with van der Waals surface area (Å²) >= 11 is 0. The zero-order chi connectivity index (χ0) is 29.3. The Kier molecular flexibility index (Phi) is 6.43. The van der Waals surface area contributed by atoms with Crippen LogP contribution in [0, 0.1) is 0 Å². The zero-order valence-electron chi connectivity index (χ0n) is 23.8. The predicted molar refractivity (Wildman–Crippen MR) is 180 cm³/mol. The fourth-order valence-electron chi connectivity index (χ4n) is 5.86. The Morgan fingerprint density at radius 3 is 1.41 bits per heavy atom. The molecule has 8 rings (SSSR count). The maximum absolute atomic E-state index is 5.25. The van der Waals surface area contributed by atoms with E-state index in [4.69, 9.17) is 9.97 Å². The summed E-state index contributed by atoms with van der Waals surface area (Å²) in [7, 11) is 0. The van der Waals surface area contributed by atoms with Crippen LogP contribution in [0.5, 0.6) is 0 Å². The van der Waals surface area contributed by atoms with E-state index in [0.717, 1.165) is 66.8 Å². The van der Waals surface area contributed by atoms with Crippen LogP contribution in [0.2, 0.25) is 0 Å². The van der Waals surface area contributed by atoms with Crippen molar-refractivity contribution in [1.82, 2.24) is 19.9 Å². The van der Waals surface area contributed by atoms with Crippen LogP contribution >= 0.6 is 0 Å². The first kappa shape index (κ1) is 25.7. The van der Waals surface area contributed by atoms with Crippen molar-refractivity contribution in [3.63, 3.8) is 0 Å². The number of hydrogen-bond donors (Lipinski definition) is 0. The van der Waals surface area contributed by atoms with Crippen molar-refractivity contribution >= 4 is 21.5 Å². The highest BCUT2D eigenvalue weighted by Gasteiger charge is 2.16. The number of nitrogens with zero attached hydrogens (tertiary/aromatic N) is 4. The van der Waals surface area contributed by atoms with Gasteiger partial charge < -0.3 is 0 Å².